The number of H-pyrrole nitrogens is 1. The maximum atomic E-state index is 5.51. The summed E-state index contributed by atoms with van der Waals surface area (Å²) in [4.78, 5) is 11.9. The minimum absolute atomic E-state index is 0.688. The van der Waals surface area contributed by atoms with Gasteiger partial charge in [-0.3, -0.25) is 4.98 Å². The Morgan fingerprint density at radius 1 is 1.30 bits per heavy atom. The molecule has 0 atom stereocenters. The van der Waals surface area contributed by atoms with E-state index in [0.29, 0.717) is 6.61 Å². The third kappa shape index (κ3) is 2.93. The molecular formula is C15H15N3OS. The molecule has 3 rings (SSSR count). The second-order valence-corrected chi connectivity index (χ2v) is 5.27. The first-order valence-electron chi connectivity index (χ1n) is 6.49. The smallest absolute Gasteiger partial charge is 0.166 e. The van der Waals surface area contributed by atoms with Crippen LogP contribution in [0.5, 0.6) is 5.75 Å². The Hall–Kier alpha value is -2.01. The van der Waals surface area contributed by atoms with Gasteiger partial charge in [0.05, 0.1) is 23.8 Å². The largest absolute Gasteiger partial charge is 0.494 e. The molecule has 0 spiro atoms. The number of pyridine rings is 1. The van der Waals surface area contributed by atoms with Gasteiger partial charge < -0.3 is 9.72 Å². The van der Waals surface area contributed by atoms with Crippen LogP contribution in [-0.2, 0) is 5.75 Å². The lowest BCUT2D eigenvalue weighted by Gasteiger charge is -2.05. The number of hydrogen-bond donors (Lipinski definition) is 1. The molecule has 2 heterocycles. The lowest BCUT2D eigenvalue weighted by molar-refractivity contribution is 0.340. The lowest BCUT2D eigenvalue weighted by atomic mass is 10.2. The summed E-state index contributed by atoms with van der Waals surface area (Å²) in [5.41, 5.74) is 3.14. The van der Waals surface area contributed by atoms with Gasteiger partial charge in [0.1, 0.15) is 5.75 Å². The lowest BCUT2D eigenvalue weighted by Crippen LogP contribution is -1.92. The van der Waals surface area contributed by atoms with Crippen molar-refractivity contribution in [2.24, 2.45) is 0 Å². The molecule has 0 amide bonds. The molecule has 0 aliphatic heterocycles. The third-order valence-electron chi connectivity index (χ3n) is 2.85. The first-order chi connectivity index (χ1) is 9.85. The van der Waals surface area contributed by atoms with E-state index in [1.54, 1.807) is 24.2 Å². The van der Waals surface area contributed by atoms with Crippen molar-refractivity contribution >= 4 is 22.8 Å². The zero-order chi connectivity index (χ0) is 13.8. The van der Waals surface area contributed by atoms with Crippen LogP contribution in [0.25, 0.3) is 11.0 Å². The van der Waals surface area contributed by atoms with Crippen LogP contribution in [0.2, 0.25) is 0 Å². The normalized spacial score (nSPS) is 10.8. The summed E-state index contributed by atoms with van der Waals surface area (Å²) < 4.78 is 5.51. The number of nitrogens with one attached hydrogen (secondary N) is 1. The maximum Gasteiger partial charge on any atom is 0.166 e. The molecular weight excluding hydrogens is 270 g/mol. The fourth-order valence-corrected chi connectivity index (χ4v) is 2.77. The topological polar surface area (TPSA) is 50.8 Å². The number of ether oxygens (including phenoxy) is 1. The molecule has 0 aliphatic rings. The Morgan fingerprint density at radius 2 is 2.25 bits per heavy atom. The average molecular weight is 285 g/mol. The molecule has 1 N–H and O–H groups in total. The van der Waals surface area contributed by atoms with E-state index in [1.807, 2.05) is 25.1 Å². The summed E-state index contributed by atoms with van der Waals surface area (Å²) >= 11 is 1.68. The van der Waals surface area contributed by atoms with Gasteiger partial charge >= 0.3 is 0 Å². The van der Waals surface area contributed by atoms with Crippen LogP contribution in [0.4, 0.5) is 0 Å². The monoisotopic (exact) mass is 285 g/mol. The summed E-state index contributed by atoms with van der Waals surface area (Å²) in [6, 6.07) is 10.1. The van der Waals surface area contributed by atoms with Crippen LogP contribution < -0.4 is 4.74 Å². The third-order valence-corrected chi connectivity index (χ3v) is 3.79. The maximum absolute atomic E-state index is 5.51. The molecule has 0 unspecified atom stereocenters. The Bertz CT molecular complexity index is 678. The first kappa shape index (κ1) is 13.0. The molecule has 5 heteroatoms. The summed E-state index contributed by atoms with van der Waals surface area (Å²) in [6.07, 6.45) is 3.55. The number of aromatic nitrogens is 3. The highest BCUT2D eigenvalue weighted by molar-refractivity contribution is 7.98. The van der Waals surface area contributed by atoms with Crippen molar-refractivity contribution in [2.75, 3.05) is 6.61 Å². The Kier molecular flexibility index (Phi) is 3.87. The second-order valence-electron chi connectivity index (χ2n) is 4.30. The molecule has 102 valence electrons. The Labute approximate surface area is 121 Å². The van der Waals surface area contributed by atoms with Crippen molar-refractivity contribution in [3.63, 3.8) is 0 Å². The van der Waals surface area contributed by atoms with E-state index in [4.69, 9.17) is 4.74 Å². The molecule has 4 nitrogen and oxygen atoms in total. The molecule has 2 aromatic heterocycles. The Morgan fingerprint density at radius 3 is 3.10 bits per heavy atom. The van der Waals surface area contributed by atoms with E-state index in [-0.39, 0.29) is 0 Å². The van der Waals surface area contributed by atoms with Gasteiger partial charge in [0.2, 0.25) is 0 Å². The number of thioether (sulfide) groups is 1. The zero-order valence-corrected chi connectivity index (χ0v) is 12.0. The van der Waals surface area contributed by atoms with E-state index in [2.05, 4.69) is 27.1 Å². The van der Waals surface area contributed by atoms with Crippen LogP contribution in [0.15, 0.2) is 47.9 Å². The van der Waals surface area contributed by atoms with Crippen molar-refractivity contribution in [3.8, 4) is 5.75 Å². The number of benzene rings is 1. The average Bonchev–Trinajstić information content (AvgIpc) is 2.89. The van der Waals surface area contributed by atoms with Crippen LogP contribution >= 0.6 is 11.8 Å². The fourth-order valence-electron chi connectivity index (χ4n) is 1.95. The highest BCUT2D eigenvalue weighted by atomic mass is 32.2. The van der Waals surface area contributed by atoms with E-state index in [1.165, 1.54) is 5.56 Å². The SMILES string of the molecule is CCOc1cccc(CSc2nc3ccncc3[nH]2)c1. The first-order valence-corrected chi connectivity index (χ1v) is 7.48. The quantitative estimate of drug-likeness (QED) is 0.727. The Balaban J connectivity index is 1.71. The number of hydrogen-bond acceptors (Lipinski definition) is 4. The molecule has 0 radical (unpaired) electrons. The molecule has 1 aromatic carbocycles. The molecule has 0 saturated heterocycles. The predicted octanol–water partition coefficient (Wildman–Crippen LogP) is 3.65. The van der Waals surface area contributed by atoms with Gasteiger partial charge in [-0.2, -0.15) is 0 Å². The zero-order valence-electron chi connectivity index (χ0n) is 11.2. The summed E-state index contributed by atoms with van der Waals surface area (Å²) in [7, 11) is 0. The van der Waals surface area contributed by atoms with Crippen LogP contribution in [0.1, 0.15) is 12.5 Å². The van der Waals surface area contributed by atoms with E-state index in [9.17, 15) is 0 Å². The number of nitrogens with zero attached hydrogens (tertiary/aromatic N) is 2. The van der Waals surface area contributed by atoms with Crippen molar-refractivity contribution in [3.05, 3.63) is 48.3 Å². The minimum Gasteiger partial charge on any atom is -0.494 e. The molecule has 20 heavy (non-hydrogen) atoms. The molecule has 0 fully saturated rings. The van der Waals surface area contributed by atoms with Crippen molar-refractivity contribution < 1.29 is 4.74 Å². The summed E-state index contributed by atoms with van der Waals surface area (Å²) in [5, 5.41) is 0.912. The van der Waals surface area contributed by atoms with Crippen molar-refractivity contribution in [2.45, 2.75) is 17.8 Å². The number of fused-ring (bicyclic) bond motifs is 1. The molecule has 0 saturated carbocycles. The van der Waals surface area contributed by atoms with E-state index >= 15 is 0 Å². The number of rotatable bonds is 5. The van der Waals surface area contributed by atoms with Crippen molar-refractivity contribution in [1.82, 2.24) is 15.0 Å². The minimum atomic E-state index is 0.688. The van der Waals surface area contributed by atoms with Crippen molar-refractivity contribution in [1.29, 1.82) is 0 Å². The summed E-state index contributed by atoms with van der Waals surface area (Å²) in [5.74, 6) is 1.77. The van der Waals surface area contributed by atoms with Gasteiger partial charge in [0, 0.05) is 11.9 Å². The van der Waals surface area contributed by atoms with Gasteiger partial charge in [-0.05, 0) is 30.7 Å². The van der Waals surface area contributed by atoms with Crippen LogP contribution in [0, 0.1) is 0 Å². The van der Waals surface area contributed by atoms with Crippen LogP contribution in [-0.4, -0.2) is 21.6 Å². The predicted molar refractivity (Wildman–Crippen MR) is 81.1 cm³/mol. The van der Waals surface area contributed by atoms with Gasteiger partial charge in [0.15, 0.2) is 5.16 Å². The number of aromatic amines is 1. The molecule has 0 aliphatic carbocycles. The molecule has 3 aromatic rings. The molecule has 0 bridgehead atoms. The summed E-state index contributed by atoms with van der Waals surface area (Å²) in [6.45, 7) is 2.68. The highest BCUT2D eigenvalue weighted by Crippen LogP contribution is 2.24. The number of imidazole rings is 1. The van der Waals surface area contributed by atoms with Gasteiger partial charge in [-0.25, -0.2) is 4.98 Å². The van der Waals surface area contributed by atoms with Gasteiger partial charge in [0.25, 0.3) is 0 Å². The van der Waals surface area contributed by atoms with E-state index in [0.717, 1.165) is 27.7 Å². The van der Waals surface area contributed by atoms with E-state index < -0.39 is 0 Å². The van der Waals surface area contributed by atoms with Crippen LogP contribution in [0.3, 0.4) is 0 Å². The fraction of sp³-hybridized carbons (Fsp3) is 0.200. The second kappa shape index (κ2) is 5.96. The standard InChI is InChI=1S/C15H15N3OS/c1-2-19-12-5-3-4-11(8-12)10-20-15-17-13-6-7-16-9-14(13)18-15/h3-9H,2,10H2,1H3,(H,17,18). The van der Waals surface area contributed by atoms with Gasteiger partial charge in [-0.1, -0.05) is 23.9 Å². The van der Waals surface area contributed by atoms with Gasteiger partial charge in [-0.15, -0.1) is 0 Å². The highest BCUT2D eigenvalue weighted by Gasteiger charge is 2.04.